The lowest BCUT2D eigenvalue weighted by Crippen LogP contribution is -2.10. The predicted octanol–water partition coefficient (Wildman–Crippen LogP) is 31.2. The van der Waals surface area contributed by atoms with E-state index in [9.17, 15) is 0 Å². The first-order valence-electron chi connectivity index (χ1n) is 38.7. The molecule has 6 nitrogen and oxygen atoms in total. The molecule has 4 heterocycles. The molecule has 536 valence electrons. The van der Waals surface area contributed by atoms with Crippen molar-refractivity contribution < 1.29 is 17.7 Å². The van der Waals surface area contributed by atoms with Gasteiger partial charge < -0.3 is 27.5 Å². The number of hydrogen-bond acceptors (Lipinski definition) is 6. The molecule has 0 aliphatic rings. The largest absolute Gasteiger partial charge is 0.455 e. The summed E-state index contributed by atoms with van der Waals surface area (Å²) < 4.78 is 25.5. The Hall–Kier alpha value is -15.2. The van der Waals surface area contributed by atoms with E-state index >= 15 is 0 Å². The van der Waals surface area contributed by atoms with Crippen LogP contribution in [0.15, 0.2) is 442 Å². The van der Waals surface area contributed by atoms with E-state index in [0.29, 0.717) is 0 Å². The minimum Gasteiger partial charge on any atom is -0.455 e. The molecular weight excluding hydrogens is 1390 g/mol. The van der Waals surface area contributed by atoms with E-state index in [2.05, 4.69) is 386 Å². The predicted molar refractivity (Wildman–Crippen MR) is 475 cm³/mol. The fourth-order valence-electron chi connectivity index (χ4n) is 16.6. The third kappa shape index (κ3) is 12.3. The topological polar surface area (TPSA) is 59.0 Å². The summed E-state index contributed by atoms with van der Waals surface area (Å²) in [6, 6.07) is 150. The number of benzene rings is 18. The van der Waals surface area contributed by atoms with Gasteiger partial charge in [0, 0.05) is 99.5 Å². The molecule has 18 aromatic carbocycles. The smallest absolute Gasteiger partial charge is 0.143 e. The Labute approximate surface area is 658 Å². The standard InChI is InChI=1S/C60H39NO2.C48H31NO2/c1-2-10-40(11-3-1)43-28-34-48(35-29-43)61(49-36-30-44(31-37-49)41-20-24-46(25-21-41)51-14-8-16-55-53-12-4-6-18-57(53)62-59(51)55)50-38-32-45(33-39-50)42-22-26-47(27-23-42)52-15-9-17-56-54-13-5-7-19-58(54)63-60(52)56;1-2-11-32(12-3-1)35-13-8-14-38(31-35)49(36-27-23-33(24-28-36)39-17-9-19-43-41-15-4-6-21-45(41)50-47(39)43)37-29-25-34(26-30-37)40-18-10-20-44-42-16-5-7-22-46(42)51-48(40)44/h1-39H;1-31H. The Kier molecular flexibility index (Phi) is 16.8. The quantitative estimate of drug-likeness (QED) is 0.108. The molecule has 114 heavy (non-hydrogen) atoms. The van der Waals surface area contributed by atoms with Gasteiger partial charge in [-0.2, -0.15) is 0 Å². The molecule has 0 spiro atoms. The molecule has 0 amide bonds. The first-order valence-corrected chi connectivity index (χ1v) is 38.7. The SMILES string of the molecule is c1ccc(-c2ccc(N(c3ccc(-c4ccc(-c5cccc6c5oc5ccccc56)cc4)cc3)c3ccc(-c4ccc(-c5cccc6c5oc5ccccc56)cc4)cc3)cc2)cc1.c1ccc(-c2cccc(N(c3ccc(-c4cccc5c4oc4ccccc45)cc3)c3ccc(-c4cccc5c4oc4ccccc45)cc3)c2)cc1. The maximum Gasteiger partial charge on any atom is 0.143 e. The number of para-hydroxylation sites is 8. The Balaban J connectivity index is 0.000000146. The van der Waals surface area contributed by atoms with Crippen molar-refractivity contribution in [3.63, 3.8) is 0 Å². The molecule has 0 aliphatic carbocycles. The maximum absolute atomic E-state index is 6.38. The average molecular weight is 1460 g/mol. The summed E-state index contributed by atoms with van der Waals surface area (Å²) >= 11 is 0. The van der Waals surface area contributed by atoms with Crippen molar-refractivity contribution in [3.8, 4) is 89.0 Å². The van der Waals surface area contributed by atoms with Crippen molar-refractivity contribution in [2.75, 3.05) is 9.80 Å². The van der Waals surface area contributed by atoms with E-state index in [1.165, 1.54) is 22.3 Å². The second-order valence-electron chi connectivity index (χ2n) is 29.0. The van der Waals surface area contributed by atoms with Gasteiger partial charge >= 0.3 is 0 Å². The zero-order valence-corrected chi connectivity index (χ0v) is 61.9. The highest BCUT2D eigenvalue weighted by molar-refractivity contribution is 6.13. The molecule has 0 saturated carbocycles. The van der Waals surface area contributed by atoms with Gasteiger partial charge in [-0.25, -0.2) is 0 Å². The van der Waals surface area contributed by atoms with Gasteiger partial charge in [-0.1, -0.05) is 328 Å². The molecule has 0 bridgehead atoms. The monoisotopic (exact) mass is 1460 g/mol. The number of fused-ring (bicyclic) bond motifs is 12. The fraction of sp³-hybridized carbons (Fsp3) is 0. The lowest BCUT2D eigenvalue weighted by Gasteiger charge is -2.26. The lowest BCUT2D eigenvalue weighted by atomic mass is 9.98. The van der Waals surface area contributed by atoms with Crippen molar-refractivity contribution in [1.82, 2.24) is 0 Å². The van der Waals surface area contributed by atoms with Gasteiger partial charge in [0.15, 0.2) is 0 Å². The van der Waals surface area contributed by atoms with Gasteiger partial charge in [0.25, 0.3) is 0 Å². The number of hydrogen-bond donors (Lipinski definition) is 0. The zero-order chi connectivity index (χ0) is 75.4. The highest BCUT2D eigenvalue weighted by Gasteiger charge is 2.21. The summed E-state index contributed by atoms with van der Waals surface area (Å²) in [7, 11) is 0. The molecule has 0 fully saturated rings. The van der Waals surface area contributed by atoms with Crippen molar-refractivity contribution in [2.45, 2.75) is 0 Å². The van der Waals surface area contributed by atoms with Crippen LogP contribution in [0.4, 0.5) is 34.1 Å². The molecule has 22 rings (SSSR count). The second-order valence-corrected chi connectivity index (χ2v) is 29.0. The van der Waals surface area contributed by atoms with Crippen LogP contribution in [0.5, 0.6) is 0 Å². The van der Waals surface area contributed by atoms with Crippen molar-refractivity contribution >= 4 is 122 Å². The molecule has 0 saturated heterocycles. The molecule has 0 atom stereocenters. The number of rotatable bonds is 14. The van der Waals surface area contributed by atoms with E-state index in [-0.39, 0.29) is 0 Å². The van der Waals surface area contributed by atoms with Crippen LogP contribution in [0.25, 0.3) is 177 Å². The Bertz CT molecular complexity index is 6930. The Morgan fingerprint density at radius 1 is 0.132 bits per heavy atom. The molecule has 0 unspecified atom stereocenters. The fourth-order valence-corrected chi connectivity index (χ4v) is 16.6. The van der Waals surface area contributed by atoms with E-state index in [1.807, 2.05) is 48.5 Å². The highest BCUT2D eigenvalue weighted by atomic mass is 16.3. The van der Waals surface area contributed by atoms with Gasteiger partial charge in [-0.05, 0) is 164 Å². The summed E-state index contributed by atoms with van der Waals surface area (Å²) in [5.74, 6) is 0. The third-order valence-electron chi connectivity index (χ3n) is 22.2. The van der Waals surface area contributed by atoms with Crippen molar-refractivity contribution in [2.24, 2.45) is 0 Å². The molecular formula is C108H70N2O4. The molecule has 0 N–H and O–H groups in total. The van der Waals surface area contributed by atoms with Gasteiger partial charge in [-0.3, -0.25) is 0 Å². The summed E-state index contributed by atoms with van der Waals surface area (Å²) in [5, 5.41) is 9.09. The van der Waals surface area contributed by atoms with Crippen LogP contribution >= 0.6 is 0 Å². The molecule has 22 aromatic rings. The molecule has 6 heteroatoms. The first-order chi connectivity index (χ1) is 56.5. The van der Waals surface area contributed by atoms with Crippen LogP contribution in [-0.2, 0) is 0 Å². The minimum absolute atomic E-state index is 0.904. The van der Waals surface area contributed by atoms with E-state index in [0.717, 1.165) is 189 Å². The normalized spacial score (nSPS) is 11.5. The Morgan fingerprint density at radius 2 is 0.333 bits per heavy atom. The molecule has 4 aromatic heterocycles. The minimum atomic E-state index is 0.904. The van der Waals surface area contributed by atoms with Gasteiger partial charge in [-0.15, -0.1) is 0 Å². The summed E-state index contributed by atoms with van der Waals surface area (Å²) in [5.41, 5.74) is 31.9. The second kappa shape index (κ2) is 28.6. The number of anilines is 6. The van der Waals surface area contributed by atoms with Gasteiger partial charge in [0.1, 0.15) is 44.7 Å². The van der Waals surface area contributed by atoms with Crippen LogP contribution in [0.1, 0.15) is 0 Å². The summed E-state index contributed by atoms with van der Waals surface area (Å²) in [6.45, 7) is 0. The van der Waals surface area contributed by atoms with Crippen LogP contribution in [0.2, 0.25) is 0 Å². The van der Waals surface area contributed by atoms with Crippen LogP contribution in [0, 0.1) is 0 Å². The lowest BCUT2D eigenvalue weighted by molar-refractivity contribution is 0.669. The van der Waals surface area contributed by atoms with Crippen molar-refractivity contribution in [1.29, 1.82) is 0 Å². The average Bonchev–Trinajstić information content (AvgIpc) is 1.64. The maximum atomic E-state index is 6.38. The zero-order valence-electron chi connectivity index (χ0n) is 61.9. The van der Waals surface area contributed by atoms with Crippen molar-refractivity contribution in [3.05, 3.63) is 425 Å². The number of furan rings is 4. The first kappa shape index (κ1) is 66.9. The molecule has 0 radical (unpaired) electrons. The summed E-state index contributed by atoms with van der Waals surface area (Å²) in [6.07, 6.45) is 0. The highest BCUT2D eigenvalue weighted by Crippen LogP contribution is 2.46. The summed E-state index contributed by atoms with van der Waals surface area (Å²) in [4.78, 5) is 4.65. The van der Waals surface area contributed by atoms with E-state index in [4.69, 9.17) is 17.7 Å². The van der Waals surface area contributed by atoms with E-state index in [1.54, 1.807) is 0 Å². The third-order valence-corrected chi connectivity index (χ3v) is 22.2. The van der Waals surface area contributed by atoms with Crippen LogP contribution < -0.4 is 9.80 Å². The Morgan fingerprint density at radius 3 is 0.632 bits per heavy atom. The van der Waals surface area contributed by atoms with Gasteiger partial charge in [0.2, 0.25) is 0 Å². The van der Waals surface area contributed by atoms with Crippen LogP contribution in [-0.4, -0.2) is 0 Å². The van der Waals surface area contributed by atoms with Gasteiger partial charge in [0.05, 0.1) is 0 Å². The van der Waals surface area contributed by atoms with Crippen LogP contribution in [0.3, 0.4) is 0 Å². The molecule has 0 aliphatic heterocycles. The number of nitrogens with zero attached hydrogens (tertiary/aromatic N) is 2. The van der Waals surface area contributed by atoms with E-state index < -0.39 is 0 Å².